The van der Waals surface area contributed by atoms with Gasteiger partial charge in [0.15, 0.2) is 0 Å². The number of carbonyl (C=O) groups is 1. The first kappa shape index (κ1) is 18.1. The molecule has 0 spiro atoms. The Hall–Kier alpha value is -2.00. The topological polar surface area (TPSA) is 55.1 Å². The second-order valence-corrected chi connectivity index (χ2v) is 5.41. The number of rotatable bonds is 6. The van der Waals surface area contributed by atoms with Gasteiger partial charge < -0.3 is 11.1 Å². The fourth-order valence-corrected chi connectivity index (χ4v) is 2.25. The van der Waals surface area contributed by atoms with Crippen LogP contribution >= 0.6 is 12.4 Å². The summed E-state index contributed by atoms with van der Waals surface area (Å²) < 4.78 is 0. The van der Waals surface area contributed by atoms with E-state index in [2.05, 4.69) is 17.4 Å². The molecule has 22 heavy (non-hydrogen) atoms. The summed E-state index contributed by atoms with van der Waals surface area (Å²) in [6, 6.07) is 17.9. The van der Waals surface area contributed by atoms with Crippen molar-refractivity contribution in [2.24, 2.45) is 0 Å². The molecule has 0 bridgehead atoms. The molecule has 118 valence electrons. The van der Waals surface area contributed by atoms with Crippen LogP contribution < -0.4 is 11.1 Å². The Bertz CT molecular complexity index is 569. The third-order valence-corrected chi connectivity index (χ3v) is 3.46. The van der Waals surface area contributed by atoms with Gasteiger partial charge in [0.2, 0.25) is 5.91 Å². The lowest BCUT2D eigenvalue weighted by Gasteiger charge is -2.14. The maximum Gasteiger partial charge on any atom is 0.224 e. The zero-order valence-corrected chi connectivity index (χ0v) is 13.6. The van der Waals surface area contributed by atoms with Crippen LogP contribution in [0.5, 0.6) is 0 Å². The van der Waals surface area contributed by atoms with Gasteiger partial charge >= 0.3 is 0 Å². The monoisotopic (exact) mass is 318 g/mol. The van der Waals surface area contributed by atoms with Crippen molar-refractivity contribution in [3.63, 3.8) is 0 Å². The molecule has 1 amide bonds. The van der Waals surface area contributed by atoms with Crippen LogP contribution in [0.2, 0.25) is 0 Å². The predicted octanol–water partition coefficient (Wildman–Crippen LogP) is 3.37. The Morgan fingerprint density at radius 3 is 2.32 bits per heavy atom. The van der Waals surface area contributed by atoms with Gasteiger partial charge in [-0.3, -0.25) is 4.79 Å². The molecule has 3 N–H and O–H groups in total. The molecule has 0 aliphatic heterocycles. The Balaban J connectivity index is 0.00000242. The zero-order chi connectivity index (χ0) is 15.1. The summed E-state index contributed by atoms with van der Waals surface area (Å²) in [6.45, 7) is 2.05. The molecule has 0 aliphatic carbocycles. The average molecular weight is 319 g/mol. The Labute approximate surface area is 138 Å². The first-order valence-electron chi connectivity index (χ1n) is 7.31. The highest BCUT2D eigenvalue weighted by molar-refractivity contribution is 5.85. The van der Waals surface area contributed by atoms with Gasteiger partial charge in [0.1, 0.15) is 0 Å². The van der Waals surface area contributed by atoms with Crippen LogP contribution in [0.4, 0.5) is 5.69 Å². The van der Waals surface area contributed by atoms with Gasteiger partial charge in [0.25, 0.3) is 0 Å². The summed E-state index contributed by atoms with van der Waals surface area (Å²) in [7, 11) is 0. The number of anilines is 1. The number of carbonyl (C=O) groups excluding carboxylic acids is 1. The number of hydrogen-bond acceptors (Lipinski definition) is 2. The largest absolute Gasteiger partial charge is 0.399 e. The van der Waals surface area contributed by atoms with Crippen molar-refractivity contribution in [2.45, 2.75) is 32.2 Å². The van der Waals surface area contributed by atoms with Crippen molar-refractivity contribution in [3.8, 4) is 0 Å². The molecule has 2 aromatic carbocycles. The van der Waals surface area contributed by atoms with Crippen molar-refractivity contribution < 1.29 is 4.79 Å². The normalized spacial score (nSPS) is 11.3. The van der Waals surface area contributed by atoms with Crippen molar-refractivity contribution in [1.29, 1.82) is 0 Å². The number of nitrogens with one attached hydrogen (secondary N) is 1. The van der Waals surface area contributed by atoms with E-state index in [1.165, 1.54) is 5.56 Å². The molecule has 1 unspecified atom stereocenters. The van der Waals surface area contributed by atoms with Gasteiger partial charge in [-0.1, -0.05) is 42.5 Å². The van der Waals surface area contributed by atoms with Crippen molar-refractivity contribution in [3.05, 3.63) is 65.7 Å². The summed E-state index contributed by atoms with van der Waals surface area (Å²) >= 11 is 0. The third-order valence-electron chi connectivity index (χ3n) is 3.46. The first-order chi connectivity index (χ1) is 10.1. The van der Waals surface area contributed by atoms with E-state index in [9.17, 15) is 4.79 Å². The Morgan fingerprint density at radius 1 is 1.05 bits per heavy atom. The van der Waals surface area contributed by atoms with Crippen molar-refractivity contribution in [2.75, 3.05) is 5.73 Å². The third kappa shape index (κ3) is 6.19. The molecule has 3 nitrogen and oxygen atoms in total. The van der Waals surface area contributed by atoms with E-state index in [4.69, 9.17) is 5.73 Å². The summed E-state index contributed by atoms with van der Waals surface area (Å²) in [5.41, 5.74) is 8.64. The van der Waals surface area contributed by atoms with E-state index in [1.807, 2.05) is 49.4 Å². The lowest BCUT2D eigenvalue weighted by Crippen LogP contribution is -2.34. The van der Waals surface area contributed by atoms with E-state index in [0.29, 0.717) is 6.42 Å². The highest BCUT2D eigenvalue weighted by Crippen LogP contribution is 2.07. The minimum Gasteiger partial charge on any atom is -0.399 e. The van der Waals surface area contributed by atoms with E-state index in [-0.39, 0.29) is 24.4 Å². The fraction of sp³-hybridized carbons (Fsp3) is 0.278. The summed E-state index contributed by atoms with van der Waals surface area (Å²) in [6.07, 6.45) is 2.32. The van der Waals surface area contributed by atoms with Gasteiger partial charge in [0, 0.05) is 11.7 Å². The molecule has 0 saturated carbocycles. The van der Waals surface area contributed by atoms with Crippen molar-refractivity contribution >= 4 is 24.0 Å². The van der Waals surface area contributed by atoms with Gasteiger partial charge in [-0.05, 0) is 43.0 Å². The average Bonchev–Trinajstić information content (AvgIpc) is 2.48. The van der Waals surface area contributed by atoms with E-state index in [1.54, 1.807) is 0 Å². The molecule has 0 aromatic heterocycles. The second-order valence-electron chi connectivity index (χ2n) is 5.41. The zero-order valence-electron chi connectivity index (χ0n) is 12.8. The number of halogens is 1. The van der Waals surface area contributed by atoms with Crippen LogP contribution in [0, 0.1) is 0 Å². The first-order valence-corrected chi connectivity index (χ1v) is 7.31. The van der Waals surface area contributed by atoms with Crippen LogP contribution in [-0.4, -0.2) is 11.9 Å². The van der Waals surface area contributed by atoms with Crippen molar-refractivity contribution in [1.82, 2.24) is 5.32 Å². The summed E-state index contributed by atoms with van der Waals surface area (Å²) in [4.78, 5) is 12.0. The van der Waals surface area contributed by atoms with Gasteiger partial charge in [-0.15, -0.1) is 12.4 Å². The molecule has 0 saturated heterocycles. The van der Waals surface area contributed by atoms with Crippen LogP contribution in [0.15, 0.2) is 54.6 Å². The molecule has 4 heteroatoms. The summed E-state index contributed by atoms with van der Waals surface area (Å²) in [5.74, 6) is 0.0559. The maximum absolute atomic E-state index is 12.0. The number of aryl methyl sites for hydroxylation is 1. The maximum atomic E-state index is 12.0. The molecular weight excluding hydrogens is 296 g/mol. The molecule has 1 atom stereocenters. The standard InChI is InChI=1S/C18H22N2O.ClH/c1-14(7-8-15-5-3-2-4-6-15)20-18(21)13-16-9-11-17(19)12-10-16;/h2-6,9-12,14H,7-8,13,19H2,1H3,(H,20,21);1H. The quantitative estimate of drug-likeness (QED) is 0.802. The lowest BCUT2D eigenvalue weighted by atomic mass is 10.1. The Kier molecular flexibility index (Phi) is 7.47. The number of nitrogen functional groups attached to an aromatic ring is 1. The van der Waals surface area contributed by atoms with E-state index < -0.39 is 0 Å². The number of amides is 1. The van der Waals surface area contributed by atoms with E-state index >= 15 is 0 Å². The molecule has 0 aliphatic rings. The van der Waals surface area contributed by atoms with E-state index in [0.717, 1.165) is 24.1 Å². The fourth-order valence-electron chi connectivity index (χ4n) is 2.25. The van der Waals surface area contributed by atoms with Crippen LogP contribution in [0.25, 0.3) is 0 Å². The SMILES string of the molecule is CC(CCc1ccccc1)NC(=O)Cc1ccc(N)cc1.Cl. The minimum absolute atomic E-state index is 0. The molecule has 0 fully saturated rings. The van der Waals surface area contributed by atoms with Crippen LogP contribution in [-0.2, 0) is 17.6 Å². The number of nitrogens with two attached hydrogens (primary N) is 1. The lowest BCUT2D eigenvalue weighted by molar-refractivity contribution is -0.121. The smallest absolute Gasteiger partial charge is 0.224 e. The second kappa shape index (κ2) is 9.11. The minimum atomic E-state index is 0. The van der Waals surface area contributed by atoms with Gasteiger partial charge in [-0.2, -0.15) is 0 Å². The number of benzene rings is 2. The van der Waals surface area contributed by atoms with Crippen LogP contribution in [0.1, 0.15) is 24.5 Å². The highest BCUT2D eigenvalue weighted by atomic mass is 35.5. The molecule has 2 aromatic rings. The van der Waals surface area contributed by atoms with Crippen LogP contribution in [0.3, 0.4) is 0 Å². The molecule has 2 rings (SSSR count). The van der Waals surface area contributed by atoms with Gasteiger partial charge in [-0.25, -0.2) is 0 Å². The Morgan fingerprint density at radius 2 is 1.68 bits per heavy atom. The summed E-state index contributed by atoms with van der Waals surface area (Å²) in [5, 5.41) is 3.04. The van der Waals surface area contributed by atoms with Gasteiger partial charge in [0.05, 0.1) is 6.42 Å². The molecule has 0 radical (unpaired) electrons. The number of hydrogen-bond donors (Lipinski definition) is 2. The predicted molar refractivity (Wildman–Crippen MR) is 94.2 cm³/mol. The molecular formula is C18H23ClN2O. The molecule has 0 heterocycles. The highest BCUT2D eigenvalue weighted by Gasteiger charge is 2.08.